The molecule has 0 bridgehead atoms. The number of aryl methyl sites for hydroxylation is 1. The average molecular weight is 362 g/mol. The van der Waals surface area contributed by atoms with Gasteiger partial charge in [-0.2, -0.15) is 0 Å². The van der Waals surface area contributed by atoms with E-state index in [4.69, 9.17) is 4.42 Å². The molecule has 2 fully saturated rings. The predicted molar refractivity (Wildman–Crippen MR) is 94.2 cm³/mol. The molecule has 0 radical (unpaired) electrons. The van der Waals surface area contributed by atoms with Gasteiger partial charge in [-0.3, -0.25) is 19.8 Å². The number of imide groups is 1. The summed E-state index contributed by atoms with van der Waals surface area (Å²) in [6.07, 6.45) is 2.64. The molecule has 2 saturated heterocycles. The molecule has 3 N–H and O–H groups in total. The Morgan fingerprint density at radius 1 is 1.31 bits per heavy atom. The Morgan fingerprint density at radius 2 is 2.08 bits per heavy atom. The molecule has 2 aliphatic heterocycles. The van der Waals surface area contributed by atoms with E-state index in [1.54, 1.807) is 0 Å². The summed E-state index contributed by atoms with van der Waals surface area (Å²) in [6.45, 7) is 5.44. The summed E-state index contributed by atoms with van der Waals surface area (Å²) in [6, 6.07) is 2.92. The summed E-state index contributed by atoms with van der Waals surface area (Å²) >= 11 is 0. The molecule has 0 unspecified atom stereocenters. The lowest BCUT2D eigenvalue weighted by Gasteiger charge is -2.31. The summed E-state index contributed by atoms with van der Waals surface area (Å²) in [7, 11) is 0. The molecule has 142 valence electrons. The molecule has 3 heterocycles. The highest BCUT2D eigenvalue weighted by molar-refractivity contribution is 6.04. The molecule has 4 amide bonds. The van der Waals surface area contributed by atoms with Crippen molar-refractivity contribution in [3.63, 3.8) is 0 Å². The third kappa shape index (κ3) is 5.08. The lowest BCUT2D eigenvalue weighted by Crippen LogP contribution is -2.38. The van der Waals surface area contributed by atoms with Crippen LogP contribution in [0.3, 0.4) is 0 Å². The second kappa shape index (κ2) is 8.35. The molecule has 26 heavy (non-hydrogen) atoms. The Hall–Kier alpha value is -2.35. The van der Waals surface area contributed by atoms with Gasteiger partial charge in [-0.15, -0.1) is 0 Å². The Morgan fingerprint density at radius 3 is 2.69 bits per heavy atom. The summed E-state index contributed by atoms with van der Waals surface area (Å²) in [4.78, 5) is 36.8. The second-order valence-corrected chi connectivity index (χ2v) is 7.09. The number of hydrogen-bond acceptors (Lipinski definition) is 5. The summed E-state index contributed by atoms with van der Waals surface area (Å²) in [5.41, 5.74) is 0. The van der Waals surface area contributed by atoms with Gasteiger partial charge in [0.05, 0.1) is 6.54 Å². The number of likely N-dealkylation sites (tertiary alicyclic amines) is 1. The molecule has 1 aromatic heterocycles. The van der Waals surface area contributed by atoms with Gasteiger partial charge in [-0.05, 0) is 57.3 Å². The number of furan rings is 1. The zero-order valence-electron chi connectivity index (χ0n) is 15.0. The van der Waals surface area contributed by atoms with Gasteiger partial charge in [0.25, 0.3) is 5.91 Å². The number of carbonyl (C=O) groups is 3. The molecular formula is C18H26N4O4. The largest absolute Gasteiger partial charge is 0.465 e. The summed E-state index contributed by atoms with van der Waals surface area (Å²) in [5.74, 6) is 1.97. The van der Waals surface area contributed by atoms with Gasteiger partial charge in [-0.25, -0.2) is 4.79 Å². The normalized spacial score (nSPS) is 21.5. The molecular weight excluding hydrogens is 336 g/mol. The zero-order chi connectivity index (χ0) is 18.5. The van der Waals surface area contributed by atoms with Gasteiger partial charge in [-0.1, -0.05) is 0 Å². The zero-order valence-corrected chi connectivity index (χ0v) is 15.0. The summed E-state index contributed by atoms with van der Waals surface area (Å²) in [5, 5.41) is 7.61. The highest BCUT2D eigenvalue weighted by Crippen LogP contribution is 2.19. The first-order chi connectivity index (χ1) is 12.5. The third-order valence-corrected chi connectivity index (χ3v) is 4.99. The second-order valence-electron chi connectivity index (χ2n) is 7.09. The first kappa shape index (κ1) is 18.4. The van der Waals surface area contributed by atoms with Gasteiger partial charge in [0.2, 0.25) is 5.91 Å². The van der Waals surface area contributed by atoms with Crippen LogP contribution in [0.5, 0.6) is 0 Å². The molecule has 2 aliphatic rings. The van der Waals surface area contributed by atoms with E-state index in [9.17, 15) is 14.4 Å². The Kier molecular flexibility index (Phi) is 5.92. The van der Waals surface area contributed by atoms with Crippen LogP contribution in [0.2, 0.25) is 0 Å². The van der Waals surface area contributed by atoms with Gasteiger partial charge in [0, 0.05) is 13.0 Å². The number of urea groups is 1. The van der Waals surface area contributed by atoms with Crippen LogP contribution in [0.15, 0.2) is 16.5 Å². The monoisotopic (exact) mass is 362 g/mol. The van der Waals surface area contributed by atoms with Gasteiger partial charge >= 0.3 is 6.03 Å². The summed E-state index contributed by atoms with van der Waals surface area (Å²) < 4.78 is 5.62. The smallest absolute Gasteiger partial charge is 0.322 e. The Bertz CT molecular complexity index is 664. The van der Waals surface area contributed by atoms with Crippen molar-refractivity contribution in [2.24, 2.45) is 5.92 Å². The Labute approximate surface area is 152 Å². The minimum atomic E-state index is -0.596. The van der Waals surface area contributed by atoms with E-state index in [-0.39, 0.29) is 18.2 Å². The standard InChI is InChI=1S/C18H26N4O4/c1-12-2-3-14(26-12)11-22-8-6-13(7-9-22)10-19-16(23)5-4-15-17(24)21-18(25)20-15/h2-3,13,15H,4-11H2,1H3,(H,19,23)(H2,20,21,24,25)/t15-/m1/s1. The fraction of sp³-hybridized carbons (Fsp3) is 0.611. The molecule has 1 aromatic rings. The van der Waals surface area contributed by atoms with Gasteiger partial charge in [0.15, 0.2) is 0 Å². The molecule has 0 saturated carbocycles. The molecule has 0 aromatic carbocycles. The number of nitrogens with one attached hydrogen (secondary N) is 3. The van der Waals surface area contributed by atoms with Crippen LogP contribution in [0.4, 0.5) is 4.79 Å². The van der Waals surface area contributed by atoms with Crippen molar-refractivity contribution < 1.29 is 18.8 Å². The van der Waals surface area contributed by atoms with Crippen LogP contribution in [0.25, 0.3) is 0 Å². The fourth-order valence-electron chi connectivity index (χ4n) is 3.42. The average Bonchev–Trinajstić information content (AvgIpc) is 3.16. The van der Waals surface area contributed by atoms with Crippen LogP contribution in [-0.4, -0.2) is 48.4 Å². The van der Waals surface area contributed by atoms with Crippen molar-refractivity contribution in [1.82, 2.24) is 20.9 Å². The van der Waals surface area contributed by atoms with Gasteiger partial charge in [0.1, 0.15) is 17.6 Å². The number of rotatable bonds is 7. The van der Waals surface area contributed by atoms with Gasteiger partial charge < -0.3 is 15.1 Å². The van der Waals surface area contributed by atoms with E-state index >= 15 is 0 Å². The van der Waals surface area contributed by atoms with E-state index in [0.29, 0.717) is 18.9 Å². The first-order valence-corrected chi connectivity index (χ1v) is 9.15. The van der Waals surface area contributed by atoms with E-state index in [2.05, 4.69) is 20.9 Å². The maximum absolute atomic E-state index is 12.0. The molecule has 8 nitrogen and oxygen atoms in total. The maximum atomic E-state index is 12.0. The van der Waals surface area contributed by atoms with E-state index in [1.165, 1.54) is 0 Å². The minimum Gasteiger partial charge on any atom is -0.465 e. The van der Waals surface area contributed by atoms with Crippen LogP contribution in [0, 0.1) is 12.8 Å². The van der Waals surface area contributed by atoms with Crippen molar-refractivity contribution in [1.29, 1.82) is 0 Å². The first-order valence-electron chi connectivity index (χ1n) is 9.15. The highest BCUT2D eigenvalue weighted by atomic mass is 16.3. The van der Waals surface area contributed by atoms with Crippen molar-refractivity contribution in [3.8, 4) is 0 Å². The number of carbonyl (C=O) groups excluding carboxylic acids is 3. The highest BCUT2D eigenvalue weighted by Gasteiger charge is 2.29. The maximum Gasteiger partial charge on any atom is 0.322 e. The number of hydrogen-bond donors (Lipinski definition) is 3. The number of amides is 4. The molecule has 0 spiro atoms. The van der Waals surface area contributed by atoms with Crippen LogP contribution in [-0.2, 0) is 16.1 Å². The van der Waals surface area contributed by atoms with Crippen LogP contribution in [0.1, 0.15) is 37.2 Å². The molecule has 3 rings (SSSR count). The lowest BCUT2D eigenvalue weighted by molar-refractivity contribution is -0.122. The van der Waals surface area contributed by atoms with E-state index < -0.39 is 12.1 Å². The van der Waals surface area contributed by atoms with Crippen molar-refractivity contribution in [2.45, 2.75) is 45.2 Å². The van der Waals surface area contributed by atoms with Crippen molar-refractivity contribution in [2.75, 3.05) is 19.6 Å². The lowest BCUT2D eigenvalue weighted by atomic mass is 9.96. The quantitative estimate of drug-likeness (QED) is 0.626. The third-order valence-electron chi connectivity index (χ3n) is 4.99. The van der Waals surface area contributed by atoms with Crippen molar-refractivity contribution in [3.05, 3.63) is 23.7 Å². The Balaban J connectivity index is 1.30. The SMILES string of the molecule is Cc1ccc(CN2CCC(CNC(=O)CC[C@H]3NC(=O)NC3=O)CC2)o1. The van der Waals surface area contributed by atoms with Crippen LogP contribution < -0.4 is 16.0 Å². The molecule has 8 heteroatoms. The predicted octanol–water partition coefficient (Wildman–Crippen LogP) is 0.904. The fourth-order valence-corrected chi connectivity index (χ4v) is 3.42. The van der Waals surface area contributed by atoms with E-state index in [0.717, 1.165) is 44.0 Å². The van der Waals surface area contributed by atoms with Crippen LogP contribution >= 0.6 is 0 Å². The number of piperidine rings is 1. The van der Waals surface area contributed by atoms with Crippen molar-refractivity contribution >= 4 is 17.8 Å². The minimum absolute atomic E-state index is 0.0764. The molecule has 1 atom stereocenters. The number of nitrogens with zero attached hydrogens (tertiary/aromatic N) is 1. The molecule has 0 aliphatic carbocycles. The van der Waals surface area contributed by atoms with E-state index in [1.807, 2.05) is 19.1 Å². The topological polar surface area (TPSA) is 104 Å².